The molecular formula is C30H34N2O6. The molecule has 3 aromatic rings. The molecule has 2 heterocycles. The molecule has 0 unspecified atom stereocenters. The molecule has 1 aromatic heterocycles. The fourth-order valence-corrected chi connectivity index (χ4v) is 4.23. The third-order valence-corrected chi connectivity index (χ3v) is 6.12. The lowest BCUT2D eigenvalue weighted by molar-refractivity contribution is -0.139. The van der Waals surface area contributed by atoms with Gasteiger partial charge in [0, 0.05) is 25.1 Å². The van der Waals surface area contributed by atoms with Crippen molar-refractivity contribution in [1.82, 2.24) is 9.88 Å². The predicted octanol–water partition coefficient (Wildman–Crippen LogP) is 5.84. The molecule has 0 N–H and O–H groups in total. The van der Waals surface area contributed by atoms with Crippen molar-refractivity contribution < 1.29 is 28.2 Å². The van der Waals surface area contributed by atoms with Crippen molar-refractivity contribution >= 4 is 17.6 Å². The molecule has 4 rings (SSSR count). The molecule has 0 aliphatic carbocycles. The van der Waals surface area contributed by atoms with E-state index in [2.05, 4.69) is 4.98 Å². The van der Waals surface area contributed by atoms with Crippen LogP contribution in [0.5, 0.6) is 5.75 Å². The van der Waals surface area contributed by atoms with E-state index in [0.717, 1.165) is 39.5 Å². The lowest BCUT2D eigenvalue weighted by atomic mass is 10.0. The maximum atomic E-state index is 12.7. The van der Waals surface area contributed by atoms with Crippen LogP contribution in [0.4, 0.5) is 4.79 Å². The second kappa shape index (κ2) is 11.5. The van der Waals surface area contributed by atoms with Crippen molar-refractivity contribution in [2.45, 2.75) is 46.1 Å². The summed E-state index contributed by atoms with van der Waals surface area (Å²) in [5.41, 5.74) is 3.88. The summed E-state index contributed by atoms with van der Waals surface area (Å²) in [6.45, 7) is 8.52. The van der Waals surface area contributed by atoms with E-state index >= 15 is 0 Å². The Bertz CT molecular complexity index is 1300. The average molecular weight is 519 g/mol. The molecule has 0 bridgehead atoms. The highest BCUT2D eigenvalue weighted by molar-refractivity contribution is 5.84. The van der Waals surface area contributed by atoms with E-state index in [1.54, 1.807) is 4.90 Å². The maximum absolute atomic E-state index is 12.7. The van der Waals surface area contributed by atoms with E-state index in [1.807, 2.05) is 82.3 Å². The van der Waals surface area contributed by atoms with Gasteiger partial charge in [0.1, 0.15) is 17.1 Å². The third-order valence-electron chi connectivity index (χ3n) is 6.12. The number of aryl methyl sites for hydroxylation is 1. The summed E-state index contributed by atoms with van der Waals surface area (Å²) in [7, 11) is 1.36. The van der Waals surface area contributed by atoms with Gasteiger partial charge in [0.05, 0.1) is 25.8 Å². The molecule has 0 radical (unpaired) electrons. The quantitative estimate of drug-likeness (QED) is 0.346. The Kier molecular flexibility index (Phi) is 8.20. The van der Waals surface area contributed by atoms with Gasteiger partial charge in [0.2, 0.25) is 5.89 Å². The number of hydrogen-bond acceptors (Lipinski definition) is 7. The minimum Gasteiger partial charge on any atom is -0.493 e. The number of carbonyl (C=O) groups excluding carboxylic acids is 2. The van der Waals surface area contributed by atoms with Crippen molar-refractivity contribution in [3.8, 4) is 17.2 Å². The molecular weight excluding hydrogens is 484 g/mol. The number of benzene rings is 2. The van der Waals surface area contributed by atoms with Crippen LogP contribution >= 0.6 is 0 Å². The van der Waals surface area contributed by atoms with Gasteiger partial charge in [-0.2, -0.15) is 0 Å². The first kappa shape index (κ1) is 27.0. The van der Waals surface area contributed by atoms with Gasteiger partial charge in [-0.25, -0.2) is 9.78 Å². The standard InChI is InChI=1S/C30H34N2O6/c1-20-26(31-28(37-20)22-9-7-6-8-10-22)15-16-36-24-13-11-21(12-14-24)25-19-32(29(34)38-30(2,3)4)18-23(25)17-27(33)35-5/h6-14H,15-19H2,1-5H3. The Morgan fingerprint density at radius 1 is 1.00 bits per heavy atom. The molecule has 2 aromatic carbocycles. The van der Waals surface area contributed by atoms with E-state index < -0.39 is 11.7 Å². The smallest absolute Gasteiger partial charge is 0.410 e. The minimum atomic E-state index is -0.602. The van der Waals surface area contributed by atoms with Gasteiger partial charge in [-0.3, -0.25) is 9.69 Å². The highest BCUT2D eigenvalue weighted by atomic mass is 16.6. The number of carbonyl (C=O) groups is 2. The van der Waals surface area contributed by atoms with Crippen LogP contribution in [0.3, 0.4) is 0 Å². The monoisotopic (exact) mass is 518 g/mol. The lowest BCUT2D eigenvalue weighted by Gasteiger charge is -2.24. The van der Waals surface area contributed by atoms with Crippen molar-refractivity contribution in [2.75, 3.05) is 26.8 Å². The zero-order valence-corrected chi connectivity index (χ0v) is 22.6. The van der Waals surface area contributed by atoms with Crippen molar-refractivity contribution in [3.05, 3.63) is 77.2 Å². The topological polar surface area (TPSA) is 91.1 Å². The second-order valence-corrected chi connectivity index (χ2v) is 10.2. The van der Waals surface area contributed by atoms with Gasteiger partial charge in [-0.15, -0.1) is 0 Å². The number of rotatable bonds is 8. The highest BCUT2D eigenvalue weighted by Gasteiger charge is 2.31. The first-order valence-electron chi connectivity index (χ1n) is 12.6. The maximum Gasteiger partial charge on any atom is 0.410 e. The lowest BCUT2D eigenvalue weighted by Crippen LogP contribution is -2.35. The summed E-state index contributed by atoms with van der Waals surface area (Å²) >= 11 is 0. The van der Waals surface area contributed by atoms with Crippen LogP contribution in [0, 0.1) is 6.92 Å². The van der Waals surface area contributed by atoms with Gasteiger partial charge in [0.25, 0.3) is 0 Å². The summed E-state index contributed by atoms with van der Waals surface area (Å²) in [6.07, 6.45) is 0.322. The van der Waals surface area contributed by atoms with Crippen molar-refractivity contribution in [3.63, 3.8) is 0 Å². The van der Waals surface area contributed by atoms with Gasteiger partial charge in [-0.05, 0) is 68.7 Å². The molecule has 0 saturated heterocycles. The Morgan fingerprint density at radius 3 is 2.37 bits per heavy atom. The molecule has 200 valence electrons. The van der Waals surface area contributed by atoms with Crippen molar-refractivity contribution in [1.29, 1.82) is 0 Å². The van der Waals surface area contributed by atoms with E-state index in [9.17, 15) is 9.59 Å². The third kappa shape index (κ3) is 6.82. The molecule has 0 spiro atoms. The molecule has 1 aliphatic rings. The zero-order chi connectivity index (χ0) is 27.3. The largest absolute Gasteiger partial charge is 0.493 e. The minimum absolute atomic E-state index is 0.116. The van der Waals surface area contributed by atoms with Crippen LogP contribution in [0.2, 0.25) is 0 Å². The van der Waals surface area contributed by atoms with Crippen LogP contribution < -0.4 is 4.74 Å². The molecule has 0 saturated carbocycles. The Morgan fingerprint density at radius 2 is 1.71 bits per heavy atom. The zero-order valence-electron chi connectivity index (χ0n) is 22.6. The molecule has 8 nitrogen and oxygen atoms in total. The van der Waals surface area contributed by atoms with Crippen molar-refractivity contribution in [2.24, 2.45) is 0 Å². The van der Waals surface area contributed by atoms with E-state index in [4.69, 9.17) is 18.6 Å². The first-order chi connectivity index (χ1) is 18.1. The van der Waals surface area contributed by atoms with Crippen LogP contribution in [-0.4, -0.2) is 54.4 Å². The fourth-order valence-electron chi connectivity index (χ4n) is 4.23. The Hall–Kier alpha value is -4.07. The molecule has 1 amide bonds. The van der Waals surface area contributed by atoms with E-state index in [1.165, 1.54) is 7.11 Å². The van der Waals surface area contributed by atoms with Gasteiger partial charge < -0.3 is 18.6 Å². The van der Waals surface area contributed by atoms with Crippen LogP contribution in [0.1, 0.15) is 44.2 Å². The average Bonchev–Trinajstić information content (AvgIpc) is 3.47. The summed E-state index contributed by atoms with van der Waals surface area (Å²) in [5.74, 6) is 1.76. The molecule has 0 fully saturated rings. The van der Waals surface area contributed by atoms with Crippen LogP contribution in [0.25, 0.3) is 17.0 Å². The number of aromatic nitrogens is 1. The number of amides is 1. The SMILES string of the molecule is COC(=O)CC1=C(c2ccc(OCCc3nc(-c4ccccc4)oc3C)cc2)CN(C(=O)OC(C)(C)C)C1. The van der Waals surface area contributed by atoms with Gasteiger partial charge >= 0.3 is 12.1 Å². The number of esters is 1. The van der Waals surface area contributed by atoms with E-state index in [0.29, 0.717) is 32.0 Å². The summed E-state index contributed by atoms with van der Waals surface area (Å²) < 4.78 is 22.2. The summed E-state index contributed by atoms with van der Waals surface area (Å²) in [5, 5.41) is 0. The van der Waals surface area contributed by atoms with Crippen LogP contribution in [-0.2, 0) is 20.7 Å². The Labute approximate surface area is 223 Å². The highest BCUT2D eigenvalue weighted by Crippen LogP contribution is 2.31. The number of oxazole rings is 1. The molecule has 1 aliphatic heterocycles. The van der Waals surface area contributed by atoms with Gasteiger partial charge in [0.15, 0.2) is 0 Å². The normalized spacial score (nSPS) is 13.6. The second-order valence-electron chi connectivity index (χ2n) is 10.2. The fraction of sp³-hybridized carbons (Fsp3) is 0.367. The molecule has 8 heteroatoms. The molecule has 0 atom stereocenters. The molecule has 38 heavy (non-hydrogen) atoms. The Balaban J connectivity index is 1.40. The number of nitrogens with zero attached hydrogens (tertiary/aromatic N) is 2. The summed E-state index contributed by atoms with van der Waals surface area (Å²) in [4.78, 5) is 30.9. The first-order valence-corrected chi connectivity index (χ1v) is 12.6. The van der Waals surface area contributed by atoms with E-state index in [-0.39, 0.29) is 12.4 Å². The van der Waals surface area contributed by atoms with Crippen LogP contribution in [0.15, 0.2) is 64.6 Å². The van der Waals surface area contributed by atoms with Gasteiger partial charge in [-0.1, -0.05) is 30.3 Å². The number of hydrogen-bond donors (Lipinski definition) is 0. The number of ether oxygens (including phenoxy) is 3. The number of methoxy groups -OCH3 is 1. The summed E-state index contributed by atoms with van der Waals surface area (Å²) in [6, 6.07) is 17.5. The predicted molar refractivity (Wildman–Crippen MR) is 144 cm³/mol.